The Morgan fingerprint density at radius 3 is 1.61 bits per heavy atom. The Hall–Kier alpha value is -3.89. The minimum Gasteiger partial charge on any atom is -0.351 e. The third-order valence-electron chi connectivity index (χ3n) is 5.75. The van der Waals surface area contributed by atoms with Crippen molar-refractivity contribution in [2.24, 2.45) is 0 Å². The van der Waals surface area contributed by atoms with E-state index in [0.717, 1.165) is 24.2 Å². The lowest BCUT2D eigenvalue weighted by atomic mass is 9.96. The molecule has 0 bridgehead atoms. The van der Waals surface area contributed by atoms with E-state index in [1.807, 2.05) is 5.01 Å². The minimum absolute atomic E-state index is 0.116. The van der Waals surface area contributed by atoms with Gasteiger partial charge in [0, 0.05) is 39.3 Å². The predicted molar refractivity (Wildman–Crippen MR) is 139 cm³/mol. The average Bonchev–Trinajstić information content (AvgIpc) is 2.89. The maximum Gasteiger partial charge on any atom is 0.244 e. The van der Waals surface area contributed by atoms with Gasteiger partial charge in [-0.3, -0.25) is 10.3 Å². The second-order valence-corrected chi connectivity index (χ2v) is 8.29. The molecule has 0 atom stereocenters. The number of hydrazine groups is 1. The van der Waals surface area contributed by atoms with Crippen LogP contribution in [0.3, 0.4) is 0 Å². The molecule has 1 saturated heterocycles. The molecule has 1 aliphatic heterocycles. The molecule has 36 heavy (non-hydrogen) atoms. The third kappa shape index (κ3) is 6.61. The number of aromatic nitrogens is 3. The van der Waals surface area contributed by atoms with Gasteiger partial charge in [0.2, 0.25) is 17.8 Å². The smallest absolute Gasteiger partial charge is 0.244 e. The lowest BCUT2D eigenvalue weighted by Crippen LogP contribution is -2.50. The second kappa shape index (κ2) is 12.2. The Morgan fingerprint density at radius 2 is 1.17 bits per heavy atom. The third-order valence-corrected chi connectivity index (χ3v) is 5.75. The highest BCUT2D eigenvalue weighted by atomic mass is 19.1. The Bertz CT molecular complexity index is 1070. The molecule has 1 aliphatic rings. The van der Waals surface area contributed by atoms with E-state index >= 15 is 0 Å². The van der Waals surface area contributed by atoms with Crippen LogP contribution in [0.4, 0.5) is 26.6 Å². The van der Waals surface area contributed by atoms with E-state index in [2.05, 4.69) is 49.1 Å². The van der Waals surface area contributed by atoms with Crippen LogP contribution in [0.25, 0.3) is 0 Å². The van der Waals surface area contributed by atoms with Gasteiger partial charge in [-0.1, -0.05) is 36.4 Å². The number of hydrogen-bond acceptors (Lipinski definition) is 8. The van der Waals surface area contributed by atoms with Crippen LogP contribution in [0, 0.1) is 11.6 Å². The first-order valence-electron chi connectivity index (χ1n) is 11.8. The van der Waals surface area contributed by atoms with Crippen LogP contribution in [0.5, 0.6) is 0 Å². The van der Waals surface area contributed by atoms with Crippen molar-refractivity contribution < 1.29 is 8.78 Å². The van der Waals surface area contributed by atoms with E-state index in [9.17, 15) is 8.78 Å². The summed E-state index contributed by atoms with van der Waals surface area (Å²) in [5.41, 5.74) is 5.19. The van der Waals surface area contributed by atoms with Crippen molar-refractivity contribution in [1.29, 1.82) is 0 Å². The summed E-state index contributed by atoms with van der Waals surface area (Å²) in [6, 6.07) is 12.9. The number of nitrogens with zero attached hydrogens (tertiary/aromatic N) is 5. The standard InChI is InChI=1S/C26H30F2N8/c1-3-13-29-24-31-25(30-14-4-2)33-26(32-24)34-36-17-15-35(16-18-36)23(19-5-9-21(27)10-6-19)20-7-11-22(28)12-8-20/h3-12,23H,1-2,13-18H2,(H3,29,30,31,32,33,34). The van der Waals surface area contributed by atoms with Gasteiger partial charge < -0.3 is 10.6 Å². The highest BCUT2D eigenvalue weighted by Gasteiger charge is 2.27. The van der Waals surface area contributed by atoms with Gasteiger partial charge in [-0.25, -0.2) is 13.8 Å². The van der Waals surface area contributed by atoms with Gasteiger partial charge in [0.25, 0.3) is 0 Å². The minimum atomic E-state index is -0.285. The lowest BCUT2D eigenvalue weighted by molar-refractivity contribution is 0.125. The summed E-state index contributed by atoms with van der Waals surface area (Å²) in [5.74, 6) is 0.722. The molecule has 0 amide bonds. The summed E-state index contributed by atoms with van der Waals surface area (Å²) in [5, 5.41) is 8.23. The van der Waals surface area contributed by atoms with Gasteiger partial charge in [-0.05, 0) is 35.4 Å². The monoisotopic (exact) mass is 492 g/mol. The van der Waals surface area contributed by atoms with E-state index in [0.29, 0.717) is 44.0 Å². The van der Waals surface area contributed by atoms with Crippen LogP contribution >= 0.6 is 0 Å². The van der Waals surface area contributed by atoms with Gasteiger partial charge in [0.05, 0.1) is 6.04 Å². The van der Waals surface area contributed by atoms with Crippen LogP contribution in [0.1, 0.15) is 17.2 Å². The van der Waals surface area contributed by atoms with Crippen molar-refractivity contribution in [3.8, 4) is 0 Å². The van der Waals surface area contributed by atoms with Crippen LogP contribution in [-0.2, 0) is 0 Å². The van der Waals surface area contributed by atoms with Crippen LogP contribution in [0.2, 0.25) is 0 Å². The molecule has 2 aromatic carbocycles. The normalized spacial score (nSPS) is 14.4. The van der Waals surface area contributed by atoms with Gasteiger partial charge in [-0.15, -0.1) is 13.2 Å². The molecule has 4 rings (SSSR count). The molecule has 1 fully saturated rings. The fourth-order valence-corrected chi connectivity index (χ4v) is 4.05. The lowest BCUT2D eigenvalue weighted by Gasteiger charge is -2.39. The average molecular weight is 493 g/mol. The van der Waals surface area contributed by atoms with Crippen molar-refractivity contribution >= 4 is 17.8 Å². The van der Waals surface area contributed by atoms with Crippen molar-refractivity contribution in [2.45, 2.75) is 6.04 Å². The number of nitrogens with one attached hydrogen (secondary N) is 3. The molecule has 0 radical (unpaired) electrons. The summed E-state index contributed by atoms with van der Waals surface area (Å²) in [6.45, 7) is 11.3. The molecule has 0 saturated carbocycles. The molecule has 3 aromatic rings. The Labute approximate surface area is 209 Å². The summed E-state index contributed by atoms with van der Waals surface area (Å²) in [4.78, 5) is 15.6. The Kier molecular flexibility index (Phi) is 8.53. The molecular weight excluding hydrogens is 462 g/mol. The van der Waals surface area contributed by atoms with Crippen molar-refractivity contribution in [2.75, 3.05) is 55.3 Å². The molecule has 10 heteroatoms. The fraction of sp³-hybridized carbons (Fsp3) is 0.269. The van der Waals surface area contributed by atoms with E-state index in [1.54, 1.807) is 36.4 Å². The molecule has 0 aliphatic carbocycles. The predicted octanol–water partition coefficient (Wildman–Crippen LogP) is 4.08. The van der Waals surface area contributed by atoms with Crippen molar-refractivity contribution in [1.82, 2.24) is 24.9 Å². The summed E-state index contributed by atoms with van der Waals surface area (Å²) in [6.07, 6.45) is 3.46. The Morgan fingerprint density at radius 1 is 0.722 bits per heavy atom. The Balaban J connectivity index is 1.47. The largest absolute Gasteiger partial charge is 0.351 e. The second-order valence-electron chi connectivity index (χ2n) is 8.29. The zero-order chi connectivity index (χ0) is 25.3. The SMILES string of the molecule is C=CCNc1nc(NCC=C)nc(NN2CCN(C(c3ccc(F)cc3)c3ccc(F)cc3)CC2)n1. The number of piperazine rings is 1. The van der Waals surface area contributed by atoms with Crippen molar-refractivity contribution in [3.05, 3.63) is 96.6 Å². The topological polar surface area (TPSA) is 81.2 Å². The highest BCUT2D eigenvalue weighted by Crippen LogP contribution is 2.30. The van der Waals surface area contributed by atoms with Crippen LogP contribution in [-0.4, -0.2) is 64.1 Å². The van der Waals surface area contributed by atoms with E-state index in [4.69, 9.17) is 0 Å². The number of halogens is 2. The zero-order valence-corrected chi connectivity index (χ0v) is 20.0. The van der Waals surface area contributed by atoms with E-state index in [1.165, 1.54) is 24.3 Å². The summed E-state index contributed by atoms with van der Waals surface area (Å²) < 4.78 is 27.2. The molecular formula is C26H30F2N8. The molecule has 0 unspecified atom stereocenters. The number of anilines is 3. The van der Waals surface area contributed by atoms with Crippen LogP contribution in [0.15, 0.2) is 73.8 Å². The first-order valence-corrected chi connectivity index (χ1v) is 11.8. The maximum atomic E-state index is 13.6. The van der Waals surface area contributed by atoms with Gasteiger partial charge in [-0.2, -0.15) is 15.0 Å². The fourth-order valence-electron chi connectivity index (χ4n) is 4.05. The van der Waals surface area contributed by atoms with E-state index in [-0.39, 0.29) is 17.7 Å². The molecule has 8 nitrogen and oxygen atoms in total. The molecule has 3 N–H and O–H groups in total. The zero-order valence-electron chi connectivity index (χ0n) is 20.0. The first kappa shape index (κ1) is 25.2. The molecule has 2 heterocycles. The maximum absolute atomic E-state index is 13.6. The molecule has 188 valence electrons. The molecule has 1 aromatic heterocycles. The van der Waals surface area contributed by atoms with Gasteiger partial charge >= 0.3 is 0 Å². The van der Waals surface area contributed by atoms with Gasteiger partial charge in [0.1, 0.15) is 11.6 Å². The number of hydrogen-bond donors (Lipinski definition) is 3. The quantitative estimate of drug-likeness (QED) is 0.346. The van der Waals surface area contributed by atoms with Gasteiger partial charge in [0.15, 0.2) is 0 Å². The summed E-state index contributed by atoms with van der Waals surface area (Å²) in [7, 11) is 0. The summed E-state index contributed by atoms with van der Waals surface area (Å²) >= 11 is 0. The number of benzene rings is 2. The first-order chi connectivity index (χ1) is 17.6. The van der Waals surface area contributed by atoms with Crippen LogP contribution < -0.4 is 16.1 Å². The van der Waals surface area contributed by atoms with Crippen molar-refractivity contribution in [3.63, 3.8) is 0 Å². The number of rotatable bonds is 11. The van der Waals surface area contributed by atoms with E-state index < -0.39 is 0 Å². The highest BCUT2D eigenvalue weighted by molar-refractivity contribution is 5.42. The molecule has 0 spiro atoms.